The Morgan fingerprint density at radius 2 is 2.13 bits per heavy atom. The molecular weight excluding hydrogens is 210 g/mol. The van der Waals surface area contributed by atoms with Gasteiger partial charge in [0.1, 0.15) is 5.75 Å². The van der Waals surface area contributed by atoms with Gasteiger partial charge in [0.25, 0.3) is 0 Å². The second-order valence-corrected chi connectivity index (χ2v) is 4.40. The molecule has 0 aliphatic rings. The number of hydrogen-bond acceptors (Lipinski definition) is 2. The van der Waals surface area contributed by atoms with Gasteiger partial charge in [-0.3, -0.25) is 0 Å². The van der Waals surface area contributed by atoms with Gasteiger partial charge in [0.05, 0.1) is 6.61 Å². The van der Waals surface area contributed by atoms with Crippen LogP contribution in [0.3, 0.4) is 0 Å². The number of halogens is 1. The summed E-state index contributed by atoms with van der Waals surface area (Å²) < 4.78 is 5.57. The highest BCUT2D eigenvalue weighted by Crippen LogP contribution is 2.23. The molecule has 0 atom stereocenters. The summed E-state index contributed by atoms with van der Waals surface area (Å²) in [5.74, 6) is 1.35. The topological polar surface area (TPSA) is 35.2 Å². The normalized spacial score (nSPS) is 10.7. The highest BCUT2D eigenvalue weighted by Gasteiger charge is 2.02. The first-order valence-corrected chi connectivity index (χ1v) is 5.62. The SMILES string of the molecule is CC(C)COc1ccc(CCN)c(Cl)c1. The zero-order valence-corrected chi connectivity index (χ0v) is 10.1. The van der Waals surface area contributed by atoms with Crippen LogP contribution < -0.4 is 10.5 Å². The summed E-state index contributed by atoms with van der Waals surface area (Å²) in [5, 5.41) is 0.738. The fourth-order valence-corrected chi connectivity index (χ4v) is 1.50. The lowest BCUT2D eigenvalue weighted by Gasteiger charge is -2.10. The second kappa shape index (κ2) is 5.99. The van der Waals surface area contributed by atoms with E-state index in [0.717, 1.165) is 22.8 Å². The average Bonchev–Trinajstić information content (AvgIpc) is 2.19. The zero-order chi connectivity index (χ0) is 11.3. The van der Waals surface area contributed by atoms with Gasteiger partial charge in [-0.1, -0.05) is 31.5 Å². The van der Waals surface area contributed by atoms with Gasteiger partial charge in [0.2, 0.25) is 0 Å². The molecule has 15 heavy (non-hydrogen) atoms. The van der Waals surface area contributed by atoms with Gasteiger partial charge in [-0.05, 0) is 36.6 Å². The largest absolute Gasteiger partial charge is 0.493 e. The molecule has 0 amide bonds. The van der Waals surface area contributed by atoms with Crippen LogP contribution in [0.2, 0.25) is 5.02 Å². The molecule has 2 N–H and O–H groups in total. The first-order chi connectivity index (χ1) is 7.13. The Balaban J connectivity index is 2.64. The Morgan fingerprint density at radius 3 is 2.67 bits per heavy atom. The summed E-state index contributed by atoms with van der Waals surface area (Å²) in [7, 11) is 0. The summed E-state index contributed by atoms with van der Waals surface area (Å²) in [4.78, 5) is 0. The van der Waals surface area contributed by atoms with Crippen LogP contribution in [0.15, 0.2) is 18.2 Å². The van der Waals surface area contributed by atoms with Crippen LogP contribution in [0.5, 0.6) is 5.75 Å². The summed E-state index contributed by atoms with van der Waals surface area (Å²) in [6.45, 7) is 5.56. The average molecular weight is 228 g/mol. The Labute approximate surface area is 96.4 Å². The van der Waals surface area contributed by atoms with E-state index in [1.54, 1.807) is 0 Å². The van der Waals surface area contributed by atoms with Crippen molar-refractivity contribution in [2.24, 2.45) is 11.7 Å². The molecule has 0 unspecified atom stereocenters. The quantitative estimate of drug-likeness (QED) is 0.840. The molecule has 3 heteroatoms. The molecule has 0 bridgehead atoms. The van der Waals surface area contributed by atoms with Crippen LogP contribution in [0.4, 0.5) is 0 Å². The van der Waals surface area contributed by atoms with Crippen molar-refractivity contribution in [2.75, 3.05) is 13.2 Å². The van der Waals surface area contributed by atoms with Gasteiger partial charge in [0.15, 0.2) is 0 Å². The highest BCUT2D eigenvalue weighted by atomic mass is 35.5. The smallest absolute Gasteiger partial charge is 0.120 e. The van der Waals surface area contributed by atoms with E-state index in [2.05, 4.69) is 13.8 Å². The van der Waals surface area contributed by atoms with Crippen molar-refractivity contribution >= 4 is 11.6 Å². The minimum atomic E-state index is 0.521. The molecule has 0 aromatic heterocycles. The molecule has 1 rings (SSSR count). The third kappa shape index (κ3) is 4.10. The fourth-order valence-electron chi connectivity index (χ4n) is 1.24. The van der Waals surface area contributed by atoms with Gasteiger partial charge >= 0.3 is 0 Å². The number of ether oxygens (including phenoxy) is 1. The van der Waals surface area contributed by atoms with E-state index in [1.807, 2.05) is 18.2 Å². The van der Waals surface area contributed by atoms with E-state index in [9.17, 15) is 0 Å². The lowest BCUT2D eigenvalue weighted by molar-refractivity contribution is 0.271. The molecule has 1 aromatic carbocycles. The van der Waals surface area contributed by atoms with Crippen molar-refractivity contribution in [3.05, 3.63) is 28.8 Å². The maximum atomic E-state index is 6.09. The van der Waals surface area contributed by atoms with Crippen LogP contribution in [0.25, 0.3) is 0 Å². The summed E-state index contributed by atoms with van der Waals surface area (Å²) in [6, 6.07) is 5.78. The predicted molar refractivity (Wildman–Crippen MR) is 64.5 cm³/mol. The van der Waals surface area contributed by atoms with E-state index in [-0.39, 0.29) is 0 Å². The molecule has 0 spiro atoms. The molecule has 0 fully saturated rings. The van der Waals surface area contributed by atoms with Gasteiger partial charge in [0, 0.05) is 5.02 Å². The van der Waals surface area contributed by atoms with Crippen LogP contribution in [-0.2, 0) is 6.42 Å². The van der Waals surface area contributed by atoms with Crippen molar-refractivity contribution in [1.82, 2.24) is 0 Å². The number of benzene rings is 1. The molecule has 0 saturated heterocycles. The Bertz CT molecular complexity index is 312. The standard InChI is InChI=1S/C12H18ClNO/c1-9(2)8-15-11-4-3-10(5-6-14)12(13)7-11/h3-4,7,9H,5-6,8,14H2,1-2H3. The number of rotatable bonds is 5. The van der Waals surface area contributed by atoms with Gasteiger partial charge in [-0.15, -0.1) is 0 Å². The molecule has 0 radical (unpaired) electrons. The van der Waals surface area contributed by atoms with Crippen molar-refractivity contribution in [3.63, 3.8) is 0 Å². The van der Waals surface area contributed by atoms with Crippen molar-refractivity contribution in [1.29, 1.82) is 0 Å². The van der Waals surface area contributed by atoms with E-state index in [0.29, 0.717) is 19.1 Å². The van der Waals surface area contributed by atoms with Gasteiger partial charge in [-0.2, -0.15) is 0 Å². The van der Waals surface area contributed by atoms with Crippen LogP contribution >= 0.6 is 11.6 Å². The van der Waals surface area contributed by atoms with Crippen LogP contribution in [0, 0.1) is 5.92 Å². The monoisotopic (exact) mass is 227 g/mol. The molecule has 0 saturated carbocycles. The molecule has 0 aliphatic carbocycles. The lowest BCUT2D eigenvalue weighted by atomic mass is 10.1. The maximum Gasteiger partial charge on any atom is 0.120 e. The van der Waals surface area contributed by atoms with E-state index in [4.69, 9.17) is 22.1 Å². The summed E-state index contributed by atoms with van der Waals surface area (Å²) in [6.07, 6.45) is 0.809. The van der Waals surface area contributed by atoms with E-state index < -0.39 is 0 Å². The molecule has 0 heterocycles. The molecule has 1 aromatic rings. The van der Waals surface area contributed by atoms with Crippen molar-refractivity contribution < 1.29 is 4.74 Å². The van der Waals surface area contributed by atoms with Crippen molar-refractivity contribution in [3.8, 4) is 5.75 Å². The number of hydrogen-bond donors (Lipinski definition) is 1. The molecular formula is C12H18ClNO. The molecule has 0 aliphatic heterocycles. The minimum absolute atomic E-state index is 0.521. The van der Waals surface area contributed by atoms with E-state index in [1.165, 1.54) is 0 Å². The molecule has 2 nitrogen and oxygen atoms in total. The Kier molecular flexibility index (Phi) is 4.92. The fraction of sp³-hybridized carbons (Fsp3) is 0.500. The minimum Gasteiger partial charge on any atom is -0.493 e. The number of nitrogens with two attached hydrogens (primary N) is 1. The first-order valence-electron chi connectivity index (χ1n) is 5.24. The van der Waals surface area contributed by atoms with Crippen LogP contribution in [0.1, 0.15) is 19.4 Å². The van der Waals surface area contributed by atoms with Crippen LogP contribution in [-0.4, -0.2) is 13.2 Å². The highest BCUT2D eigenvalue weighted by molar-refractivity contribution is 6.31. The van der Waals surface area contributed by atoms with Gasteiger partial charge in [-0.25, -0.2) is 0 Å². The van der Waals surface area contributed by atoms with Crippen molar-refractivity contribution in [2.45, 2.75) is 20.3 Å². The second-order valence-electron chi connectivity index (χ2n) is 4.00. The zero-order valence-electron chi connectivity index (χ0n) is 9.29. The maximum absolute atomic E-state index is 6.09. The Morgan fingerprint density at radius 1 is 1.40 bits per heavy atom. The van der Waals surface area contributed by atoms with Gasteiger partial charge < -0.3 is 10.5 Å². The predicted octanol–water partition coefficient (Wildman–Crippen LogP) is 2.88. The lowest BCUT2D eigenvalue weighted by Crippen LogP contribution is -2.05. The van der Waals surface area contributed by atoms with E-state index >= 15 is 0 Å². The summed E-state index contributed by atoms with van der Waals surface area (Å²) in [5.41, 5.74) is 6.56. The third-order valence-electron chi connectivity index (χ3n) is 2.02. The summed E-state index contributed by atoms with van der Waals surface area (Å²) >= 11 is 6.09. The molecule has 84 valence electrons. The third-order valence-corrected chi connectivity index (χ3v) is 2.37. The Hall–Kier alpha value is -0.730. The first kappa shape index (κ1) is 12.3.